The van der Waals surface area contributed by atoms with Gasteiger partial charge in [0, 0.05) is 26.2 Å². The van der Waals surface area contributed by atoms with Crippen LogP contribution in [0.3, 0.4) is 0 Å². The van der Waals surface area contributed by atoms with Gasteiger partial charge in [0.15, 0.2) is 0 Å². The summed E-state index contributed by atoms with van der Waals surface area (Å²) in [6.45, 7) is 3.93. The van der Waals surface area contributed by atoms with Crippen molar-refractivity contribution in [1.29, 1.82) is 0 Å². The largest absolute Gasteiger partial charge is 0.325 e. The molecule has 0 N–H and O–H groups in total. The van der Waals surface area contributed by atoms with Crippen molar-refractivity contribution in [2.75, 3.05) is 26.2 Å². The molecule has 0 spiro atoms. The molecule has 3 nitrogen and oxygen atoms in total. The molecule has 0 aromatic heterocycles. The van der Waals surface area contributed by atoms with E-state index in [0.29, 0.717) is 6.03 Å². The Morgan fingerprint density at radius 1 is 0.667 bits per heavy atom. The van der Waals surface area contributed by atoms with Gasteiger partial charge in [-0.1, -0.05) is 0 Å². The van der Waals surface area contributed by atoms with Gasteiger partial charge in [0.25, 0.3) is 0 Å². The van der Waals surface area contributed by atoms with Crippen LogP contribution in [0.15, 0.2) is 0 Å². The number of amides is 2. The molecular formula is C11H21ClN2O. The number of hydrogen-bond donors (Lipinski definition) is 0. The van der Waals surface area contributed by atoms with Crippen molar-refractivity contribution in [3.8, 4) is 0 Å². The smallest absolute Gasteiger partial charge is 0.319 e. The van der Waals surface area contributed by atoms with E-state index in [9.17, 15) is 4.79 Å². The van der Waals surface area contributed by atoms with Gasteiger partial charge in [-0.2, -0.15) is 0 Å². The maximum absolute atomic E-state index is 12.0. The fraction of sp³-hybridized carbons (Fsp3) is 0.909. The molecule has 2 amide bonds. The predicted octanol–water partition coefficient (Wildman–Crippen LogP) is 2.50. The monoisotopic (exact) mass is 232 g/mol. The summed E-state index contributed by atoms with van der Waals surface area (Å²) in [5.41, 5.74) is 0. The fourth-order valence-corrected chi connectivity index (χ4v) is 2.37. The first kappa shape index (κ1) is 12.6. The summed E-state index contributed by atoms with van der Waals surface area (Å²) < 4.78 is 0. The minimum atomic E-state index is 0. The second-order valence-corrected chi connectivity index (χ2v) is 4.38. The van der Waals surface area contributed by atoms with E-state index >= 15 is 0 Å². The van der Waals surface area contributed by atoms with Crippen LogP contribution in [0.25, 0.3) is 0 Å². The highest BCUT2D eigenvalue weighted by molar-refractivity contribution is 5.85. The first-order valence-corrected chi connectivity index (χ1v) is 5.92. The second-order valence-electron chi connectivity index (χ2n) is 4.38. The molecule has 2 aliphatic rings. The molecule has 0 radical (unpaired) electrons. The quantitative estimate of drug-likeness (QED) is 0.630. The zero-order valence-corrected chi connectivity index (χ0v) is 10.1. The fourth-order valence-electron chi connectivity index (χ4n) is 2.37. The topological polar surface area (TPSA) is 23.6 Å². The van der Waals surface area contributed by atoms with Gasteiger partial charge >= 0.3 is 6.03 Å². The Bertz CT molecular complexity index is 179. The molecule has 0 atom stereocenters. The number of carbonyl (C=O) groups is 1. The van der Waals surface area contributed by atoms with Crippen LogP contribution in [0.1, 0.15) is 38.5 Å². The average molecular weight is 233 g/mol. The summed E-state index contributed by atoms with van der Waals surface area (Å²) >= 11 is 0. The molecular weight excluding hydrogens is 212 g/mol. The van der Waals surface area contributed by atoms with Gasteiger partial charge in [-0.05, 0) is 38.5 Å². The lowest BCUT2D eigenvalue weighted by atomic mass is 10.1. The van der Waals surface area contributed by atoms with Gasteiger partial charge < -0.3 is 9.80 Å². The summed E-state index contributed by atoms with van der Waals surface area (Å²) in [7, 11) is 0. The lowest BCUT2D eigenvalue weighted by molar-refractivity contribution is 0.135. The predicted molar refractivity (Wildman–Crippen MR) is 63.5 cm³/mol. The summed E-state index contributed by atoms with van der Waals surface area (Å²) in [4.78, 5) is 16.1. The Kier molecular flexibility index (Phi) is 5.23. The first-order chi connectivity index (χ1) is 6.88. The van der Waals surface area contributed by atoms with Gasteiger partial charge in [0.2, 0.25) is 0 Å². The number of likely N-dealkylation sites (tertiary alicyclic amines) is 2. The van der Waals surface area contributed by atoms with E-state index in [2.05, 4.69) is 0 Å². The summed E-state index contributed by atoms with van der Waals surface area (Å²) in [6, 6.07) is 0.296. The van der Waals surface area contributed by atoms with Crippen molar-refractivity contribution in [2.45, 2.75) is 38.5 Å². The molecule has 2 fully saturated rings. The number of hydrogen-bond acceptors (Lipinski definition) is 1. The number of rotatable bonds is 0. The van der Waals surface area contributed by atoms with Gasteiger partial charge in [-0.25, -0.2) is 4.79 Å². The Morgan fingerprint density at radius 3 is 1.33 bits per heavy atom. The van der Waals surface area contributed by atoms with Crippen molar-refractivity contribution in [1.82, 2.24) is 9.80 Å². The van der Waals surface area contributed by atoms with Crippen molar-refractivity contribution in [3.63, 3.8) is 0 Å². The molecule has 0 bridgehead atoms. The van der Waals surface area contributed by atoms with Gasteiger partial charge in [0.05, 0.1) is 0 Å². The number of urea groups is 1. The molecule has 0 aliphatic carbocycles. The maximum atomic E-state index is 12.0. The van der Waals surface area contributed by atoms with Crippen LogP contribution >= 0.6 is 12.4 Å². The Labute approximate surface area is 98.2 Å². The molecule has 2 saturated heterocycles. The van der Waals surface area contributed by atoms with E-state index in [1.54, 1.807) is 0 Å². The minimum Gasteiger partial charge on any atom is -0.325 e. The van der Waals surface area contributed by atoms with Crippen molar-refractivity contribution < 1.29 is 4.79 Å². The summed E-state index contributed by atoms with van der Waals surface area (Å²) in [5, 5.41) is 0. The Hall–Kier alpha value is -0.440. The van der Waals surface area contributed by atoms with Crippen LogP contribution in [-0.4, -0.2) is 42.0 Å². The molecule has 2 aliphatic heterocycles. The number of halogens is 1. The van der Waals surface area contributed by atoms with Gasteiger partial charge in [-0.15, -0.1) is 12.4 Å². The van der Waals surface area contributed by atoms with Crippen LogP contribution in [0.5, 0.6) is 0 Å². The van der Waals surface area contributed by atoms with E-state index in [-0.39, 0.29) is 12.4 Å². The van der Waals surface area contributed by atoms with E-state index in [1.807, 2.05) is 9.80 Å². The summed E-state index contributed by atoms with van der Waals surface area (Å²) in [5.74, 6) is 0. The molecule has 0 unspecified atom stereocenters. The average Bonchev–Trinajstić information content (AvgIpc) is 2.30. The summed E-state index contributed by atoms with van der Waals surface area (Å²) in [6.07, 6.45) is 7.37. The van der Waals surface area contributed by atoms with Gasteiger partial charge in [0.1, 0.15) is 0 Å². The second kappa shape index (κ2) is 6.21. The molecule has 2 rings (SSSR count). The van der Waals surface area contributed by atoms with Crippen LogP contribution in [0.4, 0.5) is 4.79 Å². The normalized spacial score (nSPS) is 22.1. The zero-order valence-electron chi connectivity index (χ0n) is 9.28. The SMILES string of the molecule is Cl.O=C(N1CCCCC1)N1CCCCC1. The number of piperidine rings is 2. The minimum absolute atomic E-state index is 0. The van der Waals surface area contributed by atoms with E-state index in [4.69, 9.17) is 0 Å². The highest BCUT2D eigenvalue weighted by Crippen LogP contribution is 2.15. The van der Waals surface area contributed by atoms with Crippen LogP contribution in [-0.2, 0) is 0 Å². The van der Waals surface area contributed by atoms with Crippen molar-refractivity contribution in [2.24, 2.45) is 0 Å². The highest BCUT2D eigenvalue weighted by Gasteiger charge is 2.23. The molecule has 15 heavy (non-hydrogen) atoms. The molecule has 88 valence electrons. The first-order valence-electron chi connectivity index (χ1n) is 5.92. The highest BCUT2D eigenvalue weighted by atomic mass is 35.5. The molecule has 0 aromatic carbocycles. The van der Waals surface area contributed by atoms with E-state index < -0.39 is 0 Å². The third-order valence-electron chi connectivity index (χ3n) is 3.25. The van der Waals surface area contributed by atoms with E-state index in [1.165, 1.54) is 38.5 Å². The Balaban J connectivity index is 0.00000112. The van der Waals surface area contributed by atoms with Crippen LogP contribution in [0, 0.1) is 0 Å². The third kappa shape index (κ3) is 3.26. The van der Waals surface area contributed by atoms with E-state index in [0.717, 1.165) is 26.2 Å². The lowest BCUT2D eigenvalue weighted by Gasteiger charge is -2.34. The number of nitrogens with zero attached hydrogens (tertiary/aromatic N) is 2. The Morgan fingerprint density at radius 2 is 1.00 bits per heavy atom. The molecule has 4 heteroatoms. The maximum Gasteiger partial charge on any atom is 0.319 e. The van der Waals surface area contributed by atoms with Crippen LogP contribution in [0.2, 0.25) is 0 Å². The van der Waals surface area contributed by atoms with Gasteiger partial charge in [-0.3, -0.25) is 0 Å². The van der Waals surface area contributed by atoms with Crippen molar-refractivity contribution >= 4 is 18.4 Å². The number of carbonyl (C=O) groups excluding carboxylic acids is 1. The standard InChI is InChI=1S/C11H20N2O.ClH/c14-11(12-7-3-1-4-8-12)13-9-5-2-6-10-13;/h1-10H2;1H. The van der Waals surface area contributed by atoms with Crippen molar-refractivity contribution in [3.05, 3.63) is 0 Å². The third-order valence-corrected chi connectivity index (χ3v) is 3.25. The molecule has 0 aromatic rings. The zero-order chi connectivity index (χ0) is 9.80. The lowest BCUT2D eigenvalue weighted by Crippen LogP contribution is -2.47. The molecule has 0 saturated carbocycles. The molecule has 2 heterocycles. The van der Waals surface area contributed by atoms with Crippen LogP contribution < -0.4 is 0 Å².